The lowest BCUT2D eigenvalue weighted by atomic mass is 9.98. The van der Waals surface area contributed by atoms with Gasteiger partial charge in [-0.25, -0.2) is 0 Å². The zero-order valence-electron chi connectivity index (χ0n) is 15.6. The van der Waals surface area contributed by atoms with Crippen LogP contribution in [0, 0.1) is 0 Å². The van der Waals surface area contributed by atoms with Crippen LogP contribution in [-0.2, 0) is 15.8 Å². The van der Waals surface area contributed by atoms with E-state index in [0.29, 0.717) is 19.4 Å². The monoisotopic (exact) mass is 349 g/mol. The summed E-state index contributed by atoms with van der Waals surface area (Å²) < 4.78 is 6.55. The van der Waals surface area contributed by atoms with Gasteiger partial charge in [0.1, 0.15) is 0 Å². The summed E-state index contributed by atoms with van der Waals surface area (Å²) in [4.78, 5) is 14.2. The SMILES string of the molecule is CC(C)(C)[Si](C)(C)O[C@H]1CCC(=O)N(Cc2ccccc2)[C@@H]1CO. The van der Waals surface area contributed by atoms with Crippen molar-refractivity contribution in [3.63, 3.8) is 0 Å². The minimum Gasteiger partial charge on any atom is -0.412 e. The summed E-state index contributed by atoms with van der Waals surface area (Å²) in [5, 5.41) is 10.1. The summed E-state index contributed by atoms with van der Waals surface area (Å²) in [6.07, 6.45) is 1.10. The summed E-state index contributed by atoms with van der Waals surface area (Å²) in [7, 11) is -1.94. The molecule has 1 amide bonds. The Hall–Kier alpha value is -1.17. The molecule has 1 aliphatic heterocycles. The first-order valence-electron chi connectivity index (χ1n) is 8.78. The van der Waals surface area contributed by atoms with Gasteiger partial charge in [-0.1, -0.05) is 51.1 Å². The van der Waals surface area contributed by atoms with Gasteiger partial charge in [0.15, 0.2) is 8.32 Å². The van der Waals surface area contributed by atoms with Crippen molar-refractivity contribution in [3.05, 3.63) is 35.9 Å². The number of aliphatic hydroxyl groups is 1. The summed E-state index contributed by atoms with van der Waals surface area (Å²) in [6.45, 7) is 11.5. The van der Waals surface area contributed by atoms with Crippen LogP contribution in [-0.4, -0.2) is 43.0 Å². The Labute approximate surface area is 147 Å². The maximum atomic E-state index is 12.4. The van der Waals surface area contributed by atoms with Gasteiger partial charge in [-0.05, 0) is 30.1 Å². The molecule has 0 saturated carbocycles. The number of piperidine rings is 1. The Morgan fingerprint density at radius 1 is 1.25 bits per heavy atom. The standard InChI is InChI=1S/C19H31NO3Si/c1-19(2,3)24(4,5)23-17-11-12-18(22)20(16(17)14-21)13-15-9-7-6-8-10-15/h6-10,16-17,21H,11-14H2,1-5H3/t16-,17+/m1/s1. The summed E-state index contributed by atoms with van der Waals surface area (Å²) >= 11 is 0. The third-order valence-corrected chi connectivity index (χ3v) is 9.93. The number of amides is 1. The number of hydrogen-bond donors (Lipinski definition) is 1. The number of carbonyl (C=O) groups excluding carboxylic acids is 1. The second-order valence-electron chi connectivity index (χ2n) is 8.21. The highest BCUT2D eigenvalue weighted by Gasteiger charge is 2.44. The van der Waals surface area contributed by atoms with Crippen molar-refractivity contribution in [2.24, 2.45) is 0 Å². The number of aliphatic hydroxyl groups excluding tert-OH is 1. The van der Waals surface area contributed by atoms with E-state index in [1.807, 2.05) is 30.3 Å². The van der Waals surface area contributed by atoms with E-state index >= 15 is 0 Å². The van der Waals surface area contributed by atoms with E-state index in [2.05, 4.69) is 33.9 Å². The van der Waals surface area contributed by atoms with Gasteiger partial charge >= 0.3 is 0 Å². The molecule has 1 heterocycles. The molecule has 0 bridgehead atoms. The molecule has 0 spiro atoms. The molecule has 2 atom stereocenters. The molecule has 0 aliphatic carbocycles. The van der Waals surface area contributed by atoms with Crippen LogP contribution in [0.1, 0.15) is 39.2 Å². The largest absolute Gasteiger partial charge is 0.412 e. The van der Waals surface area contributed by atoms with Crippen molar-refractivity contribution in [2.75, 3.05) is 6.61 Å². The topological polar surface area (TPSA) is 49.8 Å². The molecule has 1 aromatic carbocycles. The highest BCUT2D eigenvalue weighted by Crippen LogP contribution is 2.39. The third kappa shape index (κ3) is 4.26. The minimum absolute atomic E-state index is 0.0577. The molecule has 1 N–H and O–H groups in total. The van der Waals surface area contributed by atoms with Crippen LogP contribution in [0.5, 0.6) is 0 Å². The molecule has 1 aromatic rings. The summed E-state index contributed by atoms with van der Waals surface area (Å²) in [5.41, 5.74) is 1.08. The van der Waals surface area contributed by atoms with Crippen molar-refractivity contribution >= 4 is 14.2 Å². The predicted molar refractivity (Wildman–Crippen MR) is 99.2 cm³/mol. The van der Waals surface area contributed by atoms with Gasteiger partial charge in [-0.3, -0.25) is 4.79 Å². The zero-order valence-corrected chi connectivity index (χ0v) is 16.6. The predicted octanol–water partition coefficient (Wildman–Crippen LogP) is 3.56. The quantitative estimate of drug-likeness (QED) is 0.827. The minimum atomic E-state index is -1.94. The van der Waals surface area contributed by atoms with E-state index in [1.165, 1.54) is 0 Å². The molecule has 0 aromatic heterocycles. The second kappa shape index (κ2) is 7.38. The maximum absolute atomic E-state index is 12.4. The van der Waals surface area contributed by atoms with Gasteiger partial charge in [0.05, 0.1) is 18.8 Å². The van der Waals surface area contributed by atoms with Crippen LogP contribution in [0.25, 0.3) is 0 Å². The Bertz CT molecular complexity index is 553. The number of nitrogens with zero attached hydrogens (tertiary/aromatic N) is 1. The second-order valence-corrected chi connectivity index (χ2v) is 13.0. The lowest BCUT2D eigenvalue weighted by Crippen LogP contribution is -2.57. The maximum Gasteiger partial charge on any atom is 0.223 e. The molecule has 5 heteroatoms. The average Bonchev–Trinajstić information content (AvgIpc) is 2.50. The van der Waals surface area contributed by atoms with Crippen LogP contribution in [0.15, 0.2) is 30.3 Å². The van der Waals surface area contributed by atoms with Crippen molar-refractivity contribution in [2.45, 2.75) is 70.4 Å². The van der Waals surface area contributed by atoms with Gasteiger partial charge in [-0.2, -0.15) is 0 Å². The van der Waals surface area contributed by atoms with Crippen LogP contribution in [0.3, 0.4) is 0 Å². The first-order chi connectivity index (χ1) is 11.2. The van der Waals surface area contributed by atoms with Gasteiger partial charge in [0.25, 0.3) is 0 Å². The molecule has 24 heavy (non-hydrogen) atoms. The van der Waals surface area contributed by atoms with Gasteiger partial charge in [0, 0.05) is 13.0 Å². The molecule has 2 rings (SSSR count). The molecule has 1 fully saturated rings. The van der Waals surface area contributed by atoms with E-state index in [4.69, 9.17) is 4.43 Å². The third-order valence-electron chi connectivity index (χ3n) is 5.43. The van der Waals surface area contributed by atoms with Crippen LogP contribution >= 0.6 is 0 Å². The van der Waals surface area contributed by atoms with Crippen LogP contribution in [0.2, 0.25) is 18.1 Å². The smallest absolute Gasteiger partial charge is 0.223 e. The van der Waals surface area contributed by atoms with Crippen molar-refractivity contribution in [1.29, 1.82) is 0 Å². The number of benzene rings is 1. The Kier molecular flexibility index (Phi) is 5.89. The van der Waals surface area contributed by atoms with Crippen LogP contribution in [0.4, 0.5) is 0 Å². The summed E-state index contributed by atoms with van der Waals surface area (Å²) in [5.74, 6) is 0.105. The van der Waals surface area contributed by atoms with E-state index in [-0.39, 0.29) is 29.7 Å². The lowest BCUT2D eigenvalue weighted by Gasteiger charge is -2.46. The van der Waals surface area contributed by atoms with E-state index in [0.717, 1.165) is 5.56 Å². The molecular weight excluding hydrogens is 318 g/mol. The number of hydrogen-bond acceptors (Lipinski definition) is 3. The number of likely N-dealkylation sites (tertiary alicyclic amines) is 1. The first-order valence-corrected chi connectivity index (χ1v) is 11.7. The molecule has 134 valence electrons. The average molecular weight is 350 g/mol. The van der Waals surface area contributed by atoms with Crippen molar-refractivity contribution in [1.82, 2.24) is 4.90 Å². The van der Waals surface area contributed by atoms with Gasteiger partial charge in [0.2, 0.25) is 5.91 Å². The fourth-order valence-corrected chi connectivity index (χ4v) is 4.27. The highest BCUT2D eigenvalue weighted by atomic mass is 28.4. The van der Waals surface area contributed by atoms with Gasteiger partial charge in [-0.15, -0.1) is 0 Å². The Balaban J connectivity index is 2.18. The van der Waals surface area contributed by atoms with E-state index in [1.54, 1.807) is 4.90 Å². The number of rotatable bonds is 5. The summed E-state index contributed by atoms with van der Waals surface area (Å²) in [6, 6.07) is 9.68. The first kappa shape index (κ1) is 19.2. The molecule has 1 aliphatic rings. The zero-order chi connectivity index (χ0) is 18.0. The number of carbonyl (C=O) groups is 1. The molecule has 0 unspecified atom stereocenters. The van der Waals surface area contributed by atoms with E-state index in [9.17, 15) is 9.90 Å². The molecule has 0 radical (unpaired) electrons. The molecule has 1 saturated heterocycles. The lowest BCUT2D eigenvalue weighted by molar-refractivity contribution is -0.144. The Morgan fingerprint density at radius 2 is 1.88 bits per heavy atom. The van der Waals surface area contributed by atoms with E-state index < -0.39 is 8.32 Å². The van der Waals surface area contributed by atoms with Gasteiger partial charge < -0.3 is 14.4 Å². The van der Waals surface area contributed by atoms with Crippen molar-refractivity contribution in [3.8, 4) is 0 Å². The van der Waals surface area contributed by atoms with Crippen LogP contribution < -0.4 is 0 Å². The normalized spacial score (nSPS) is 22.8. The van der Waals surface area contributed by atoms with Crippen molar-refractivity contribution < 1.29 is 14.3 Å². The molecular formula is C19H31NO3Si. The highest BCUT2D eigenvalue weighted by molar-refractivity contribution is 6.74. The molecule has 4 nitrogen and oxygen atoms in total. The Morgan fingerprint density at radius 3 is 2.42 bits per heavy atom. The fourth-order valence-electron chi connectivity index (χ4n) is 2.88. The fraction of sp³-hybridized carbons (Fsp3) is 0.632.